The molecule has 3 rings (SSSR count). The van der Waals surface area contributed by atoms with E-state index in [0.29, 0.717) is 25.4 Å². The summed E-state index contributed by atoms with van der Waals surface area (Å²) in [6.07, 6.45) is 0. The van der Waals surface area contributed by atoms with E-state index in [4.69, 9.17) is 4.74 Å². The van der Waals surface area contributed by atoms with Gasteiger partial charge in [-0.25, -0.2) is 0 Å². The summed E-state index contributed by atoms with van der Waals surface area (Å²) in [5.41, 5.74) is 2.02. The van der Waals surface area contributed by atoms with E-state index in [1.54, 1.807) is 7.11 Å². The van der Waals surface area contributed by atoms with Crippen LogP contribution in [-0.2, 0) is 17.9 Å². The first-order valence-electron chi connectivity index (χ1n) is 9.69. The summed E-state index contributed by atoms with van der Waals surface area (Å²) in [5.74, 6) is 1.91. The molecule has 7 heteroatoms. The number of aromatic nitrogens is 3. The van der Waals surface area contributed by atoms with E-state index in [-0.39, 0.29) is 5.91 Å². The second kappa shape index (κ2) is 10.1. The van der Waals surface area contributed by atoms with Gasteiger partial charge in [-0.05, 0) is 31.5 Å². The molecule has 0 aliphatic carbocycles. The lowest BCUT2D eigenvalue weighted by Gasteiger charge is -2.20. The van der Waals surface area contributed by atoms with Crippen molar-refractivity contribution in [2.24, 2.45) is 0 Å². The van der Waals surface area contributed by atoms with Gasteiger partial charge in [0.15, 0.2) is 11.0 Å². The molecule has 0 fully saturated rings. The number of hydrogen-bond donors (Lipinski definition) is 0. The third-order valence-electron chi connectivity index (χ3n) is 4.66. The van der Waals surface area contributed by atoms with Gasteiger partial charge in [-0.1, -0.05) is 54.2 Å². The highest BCUT2D eigenvalue weighted by molar-refractivity contribution is 7.99. The van der Waals surface area contributed by atoms with Crippen LogP contribution in [0.2, 0.25) is 0 Å². The number of nitrogens with zero attached hydrogens (tertiary/aromatic N) is 4. The Morgan fingerprint density at radius 2 is 1.79 bits per heavy atom. The maximum absolute atomic E-state index is 12.8. The zero-order valence-corrected chi connectivity index (χ0v) is 17.9. The third-order valence-corrected chi connectivity index (χ3v) is 5.61. The van der Waals surface area contributed by atoms with Crippen LogP contribution in [0.1, 0.15) is 19.4 Å². The maximum atomic E-state index is 12.8. The van der Waals surface area contributed by atoms with Crippen molar-refractivity contribution < 1.29 is 9.53 Å². The average molecular weight is 411 g/mol. The Hall–Kier alpha value is -2.80. The molecule has 29 heavy (non-hydrogen) atoms. The summed E-state index contributed by atoms with van der Waals surface area (Å²) in [6, 6.07) is 17.8. The molecular weight excluding hydrogens is 384 g/mol. The van der Waals surface area contributed by atoms with Crippen molar-refractivity contribution in [1.82, 2.24) is 19.7 Å². The number of ether oxygens (including phenoxy) is 1. The molecule has 1 aromatic heterocycles. The average Bonchev–Trinajstić information content (AvgIpc) is 3.19. The number of carbonyl (C=O) groups excluding carboxylic acids is 1. The van der Waals surface area contributed by atoms with Crippen molar-refractivity contribution in [3.63, 3.8) is 0 Å². The largest absolute Gasteiger partial charge is 0.496 e. The topological polar surface area (TPSA) is 60.3 Å². The number of para-hydroxylation sites is 1. The van der Waals surface area contributed by atoms with Gasteiger partial charge < -0.3 is 14.2 Å². The van der Waals surface area contributed by atoms with E-state index < -0.39 is 0 Å². The predicted molar refractivity (Wildman–Crippen MR) is 116 cm³/mol. The van der Waals surface area contributed by atoms with Gasteiger partial charge in [-0.15, -0.1) is 10.2 Å². The number of thioether (sulfide) groups is 1. The van der Waals surface area contributed by atoms with Crippen LogP contribution in [0.25, 0.3) is 11.4 Å². The number of methoxy groups -OCH3 is 1. The minimum Gasteiger partial charge on any atom is -0.496 e. The molecule has 2 aromatic carbocycles. The summed E-state index contributed by atoms with van der Waals surface area (Å²) in [6.45, 7) is 6.03. The van der Waals surface area contributed by atoms with E-state index in [1.807, 2.05) is 77.9 Å². The third kappa shape index (κ3) is 4.98. The Bertz CT molecular complexity index is 943. The fraction of sp³-hybridized carbons (Fsp3) is 0.318. The van der Waals surface area contributed by atoms with Crippen LogP contribution in [0.5, 0.6) is 5.75 Å². The Morgan fingerprint density at radius 3 is 2.48 bits per heavy atom. The van der Waals surface area contributed by atoms with Crippen LogP contribution in [0.4, 0.5) is 0 Å². The van der Waals surface area contributed by atoms with Crippen LogP contribution < -0.4 is 4.74 Å². The highest BCUT2D eigenvalue weighted by Crippen LogP contribution is 2.30. The maximum Gasteiger partial charge on any atom is 0.233 e. The monoisotopic (exact) mass is 410 g/mol. The first kappa shape index (κ1) is 20.9. The van der Waals surface area contributed by atoms with Crippen molar-refractivity contribution in [1.29, 1.82) is 0 Å². The molecule has 0 radical (unpaired) electrons. The highest BCUT2D eigenvalue weighted by atomic mass is 32.2. The lowest BCUT2D eigenvalue weighted by atomic mass is 10.2. The molecule has 0 atom stereocenters. The van der Waals surface area contributed by atoms with Gasteiger partial charge in [-0.3, -0.25) is 4.79 Å². The molecule has 152 valence electrons. The summed E-state index contributed by atoms with van der Waals surface area (Å²) < 4.78 is 7.48. The van der Waals surface area contributed by atoms with Crippen LogP contribution in [0.15, 0.2) is 59.8 Å². The van der Waals surface area contributed by atoms with Gasteiger partial charge in [0.1, 0.15) is 5.75 Å². The van der Waals surface area contributed by atoms with E-state index in [9.17, 15) is 4.79 Å². The van der Waals surface area contributed by atoms with Gasteiger partial charge >= 0.3 is 0 Å². The van der Waals surface area contributed by atoms with Crippen LogP contribution in [0, 0.1) is 0 Å². The Kier molecular flexibility index (Phi) is 7.30. The number of amides is 1. The number of benzene rings is 2. The van der Waals surface area contributed by atoms with E-state index in [0.717, 1.165) is 27.9 Å². The molecule has 0 bridgehead atoms. The van der Waals surface area contributed by atoms with Crippen molar-refractivity contribution in [3.8, 4) is 17.1 Å². The molecule has 0 N–H and O–H groups in total. The van der Waals surface area contributed by atoms with E-state index >= 15 is 0 Å². The first-order chi connectivity index (χ1) is 14.2. The Labute approximate surface area is 175 Å². The van der Waals surface area contributed by atoms with Crippen molar-refractivity contribution in [3.05, 3.63) is 60.2 Å². The molecule has 1 heterocycles. The van der Waals surface area contributed by atoms with Gasteiger partial charge in [0.2, 0.25) is 5.91 Å². The van der Waals surface area contributed by atoms with Crippen molar-refractivity contribution in [2.45, 2.75) is 32.1 Å². The van der Waals surface area contributed by atoms with Gasteiger partial charge in [0, 0.05) is 19.6 Å². The quantitative estimate of drug-likeness (QED) is 0.497. The molecule has 0 spiro atoms. The standard InChI is InChI=1S/C22H26N4O2S/c1-4-25(15-17-11-7-6-8-12-17)20(27)16-29-22-24-23-21(26(22)5-2)18-13-9-10-14-19(18)28-3/h6-14H,4-5,15-16H2,1-3H3. The van der Waals surface area contributed by atoms with Crippen molar-refractivity contribution in [2.75, 3.05) is 19.4 Å². The number of hydrogen-bond acceptors (Lipinski definition) is 5. The summed E-state index contributed by atoms with van der Waals surface area (Å²) in [5, 5.41) is 9.43. The van der Waals surface area contributed by atoms with Crippen molar-refractivity contribution >= 4 is 17.7 Å². The fourth-order valence-electron chi connectivity index (χ4n) is 3.11. The molecule has 0 saturated heterocycles. The fourth-order valence-corrected chi connectivity index (χ4v) is 4.01. The first-order valence-corrected chi connectivity index (χ1v) is 10.7. The molecule has 3 aromatic rings. The molecular formula is C22H26N4O2S. The van der Waals surface area contributed by atoms with E-state index in [2.05, 4.69) is 10.2 Å². The summed E-state index contributed by atoms with van der Waals surface area (Å²) in [7, 11) is 1.64. The molecule has 0 saturated carbocycles. The number of carbonyl (C=O) groups is 1. The Morgan fingerprint density at radius 1 is 1.07 bits per heavy atom. The Balaban J connectivity index is 1.72. The summed E-state index contributed by atoms with van der Waals surface area (Å²) >= 11 is 1.42. The number of rotatable bonds is 9. The van der Waals surface area contributed by atoms with Crippen LogP contribution in [-0.4, -0.2) is 45.0 Å². The van der Waals surface area contributed by atoms with Gasteiger partial charge in [0.05, 0.1) is 18.4 Å². The molecule has 0 aliphatic heterocycles. The lowest BCUT2D eigenvalue weighted by molar-refractivity contribution is -0.128. The second-order valence-electron chi connectivity index (χ2n) is 6.43. The van der Waals surface area contributed by atoms with Gasteiger partial charge in [-0.2, -0.15) is 0 Å². The minimum absolute atomic E-state index is 0.0887. The smallest absolute Gasteiger partial charge is 0.233 e. The molecule has 0 aliphatic rings. The minimum atomic E-state index is 0.0887. The SMILES string of the molecule is CCN(Cc1ccccc1)C(=O)CSc1nnc(-c2ccccc2OC)n1CC. The molecule has 1 amide bonds. The predicted octanol–water partition coefficient (Wildman–Crippen LogP) is 4.11. The molecule has 6 nitrogen and oxygen atoms in total. The van der Waals surface area contributed by atoms with Gasteiger partial charge in [0.25, 0.3) is 0 Å². The highest BCUT2D eigenvalue weighted by Gasteiger charge is 2.19. The van der Waals surface area contributed by atoms with E-state index in [1.165, 1.54) is 11.8 Å². The lowest BCUT2D eigenvalue weighted by Crippen LogP contribution is -2.31. The second-order valence-corrected chi connectivity index (χ2v) is 7.38. The summed E-state index contributed by atoms with van der Waals surface area (Å²) in [4.78, 5) is 14.6. The van der Waals surface area contributed by atoms with Crippen LogP contribution >= 0.6 is 11.8 Å². The normalized spacial score (nSPS) is 10.7. The molecule has 0 unspecified atom stereocenters. The zero-order chi connectivity index (χ0) is 20.6. The van der Waals surface area contributed by atoms with Crippen LogP contribution in [0.3, 0.4) is 0 Å². The zero-order valence-electron chi connectivity index (χ0n) is 17.0.